The molecule has 0 radical (unpaired) electrons. The average molecular weight is 452 g/mol. The highest BCUT2D eigenvalue weighted by Gasteiger charge is 2.47. The molecular formula is C20H25N3O5S2. The van der Waals surface area contributed by atoms with Crippen LogP contribution in [0, 0.1) is 6.92 Å². The van der Waals surface area contributed by atoms with Crippen LogP contribution in [0.5, 0.6) is 5.75 Å². The van der Waals surface area contributed by atoms with Crippen molar-refractivity contribution in [3.8, 4) is 17.0 Å². The first-order chi connectivity index (χ1) is 13.8. The number of benzene rings is 1. The van der Waals surface area contributed by atoms with Gasteiger partial charge < -0.3 is 14.9 Å². The van der Waals surface area contributed by atoms with E-state index in [0.717, 1.165) is 0 Å². The Balaban J connectivity index is 1.85. The molecule has 0 aliphatic heterocycles. The quantitative estimate of drug-likeness (QED) is 0.613. The Morgan fingerprint density at radius 2 is 2.00 bits per heavy atom. The third-order valence-electron chi connectivity index (χ3n) is 5.42. The lowest BCUT2D eigenvalue weighted by atomic mass is 9.82. The van der Waals surface area contributed by atoms with Crippen LogP contribution in [-0.4, -0.2) is 51.2 Å². The van der Waals surface area contributed by atoms with E-state index in [1.54, 1.807) is 43.5 Å². The summed E-state index contributed by atoms with van der Waals surface area (Å²) < 4.78 is 33.4. The van der Waals surface area contributed by atoms with Gasteiger partial charge >= 0.3 is 0 Å². The second-order valence-corrected chi connectivity index (χ2v) is 11.8. The van der Waals surface area contributed by atoms with Crippen LogP contribution >= 0.6 is 11.3 Å². The van der Waals surface area contributed by atoms with Crippen LogP contribution in [0.15, 0.2) is 23.1 Å². The molecule has 8 nitrogen and oxygen atoms in total. The van der Waals surface area contributed by atoms with Crippen LogP contribution in [0.3, 0.4) is 0 Å². The fourth-order valence-corrected chi connectivity index (χ4v) is 6.98. The number of methoxy groups -OCH3 is 1. The van der Waals surface area contributed by atoms with Gasteiger partial charge in [0.1, 0.15) is 21.3 Å². The molecule has 2 N–H and O–H groups in total. The highest BCUT2D eigenvalue weighted by atomic mass is 32.2. The molecule has 0 spiro atoms. The highest BCUT2D eigenvalue weighted by molar-refractivity contribution is 7.92. The fourth-order valence-electron chi connectivity index (χ4n) is 3.79. The first-order valence-electron chi connectivity index (χ1n) is 9.57. The number of nitrogens with zero attached hydrogens (tertiary/aromatic N) is 3. The van der Waals surface area contributed by atoms with E-state index in [4.69, 9.17) is 4.74 Å². The van der Waals surface area contributed by atoms with E-state index in [1.165, 1.54) is 18.4 Å². The number of hydrogen-bond donors (Lipinski definition) is 2. The molecule has 0 saturated heterocycles. The lowest BCUT2D eigenvalue weighted by Crippen LogP contribution is -2.48. The van der Waals surface area contributed by atoms with E-state index in [-0.39, 0.29) is 23.5 Å². The zero-order valence-electron chi connectivity index (χ0n) is 17.5. The molecule has 1 aliphatic rings. The monoisotopic (exact) mass is 451 g/mol. The van der Waals surface area contributed by atoms with Gasteiger partial charge in [0.15, 0.2) is 9.84 Å². The molecule has 30 heavy (non-hydrogen) atoms. The predicted molar refractivity (Wildman–Crippen MR) is 114 cm³/mol. The van der Waals surface area contributed by atoms with E-state index in [1.807, 2.05) is 6.92 Å². The molecule has 2 aromatic heterocycles. The summed E-state index contributed by atoms with van der Waals surface area (Å²) in [5, 5.41) is 24.7. The summed E-state index contributed by atoms with van der Waals surface area (Å²) in [5.41, 5.74) is -0.0533. The third-order valence-corrected chi connectivity index (χ3v) is 8.78. The highest BCUT2D eigenvalue weighted by Crippen LogP contribution is 2.42. The minimum atomic E-state index is -3.69. The summed E-state index contributed by atoms with van der Waals surface area (Å²) in [7, 11) is -2.25. The van der Waals surface area contributed by atoms with E-state index in [2.05, 4.69) is 10.1 Å². The molecule has 1 aromatic carbocycles. The number of imidazole rings is 1. The van der Waals surface area contributed by atoms with Gasteiger partial charge in [0.25, 0.3) is 0 Å². The van der Waals surface area contributed by atoms with Crippen LogP contribution < -0.4 is 4.74 Å². The molecule has 1 aliphatic carbocycles. The molecule has 162 valence electrons. The molecule has 10 heteroatoms. The molecule has 0 amide bonds. The lowest BCUT2D eigenvalue weighted by Gasteiger charge is -2.40. The van der Waals surface area contributed by atoms with Gasteiger partial charge in [0, 0.05) is 5.56 Å². The van der Waals surface area contributed by atoms with Crippen LogP contribution in [0.1, 0.15) is 44.3 Å². The smallest absolute Gasteiger partial charge is 0.213 e. The molecule has 1 fully saturated rings. The van der Waals surface area contributed by atoms with E-state index >= 15 is 0 Å². The largest absolute Gasteiger partial charge is 0.495 e. The standard InChI is InChI=1S/C20H25N3O5S2/c1-11-16(23-18(21-11)29-17(22-23)19(2,3)24)12-6-7-14(28-5)15(8-12)30(26,27)13-9-20(4,25)10-13/h6-8,13,24-25H,9-10H2,1-5H3/t13-,20+. The molecule has 0 atom stereocenters. The van der Waals surface area contributed by atoms with Crippen molar-refractivity contribution in [1.29, 1.82) is 0 Å². The topological polar surface area (TPSA) is 114 Å². The maximum atomic E-state index is 13.2. The van der Waals surface area contributed by atoms with Crippen LogP contribution in [0.4, 0.5) is 0 Å². The first-order valence-corrected chi connectivity index (χ1v) is 11.9. The fraction of sp³-hybridized carbons (Fsp3) is 0.500. The Kier molecular flexibility index (Phi) is 4.77. The zero-order valence-corrected chi connectivity index (χ0v) is 19.1. The molecular weight excluding hydrogens is 426 g/mol. The predicted octanol–water partition coefficient (Wildman–Crippen LogP) is 2.69. The maximum Gasteiger partial charge on any atom is 0.213 e. The SMILES string of the molecule is COc1ccc(-c2c(C)nc3sc(C(C)(C)O)nn23)cc1S(=O)(=O)[C@H]1C[C@@](C)(O)C1. The number of aliphatic hydroxyl groups is 2. The minimum Gasteiger partial charge on any atom is -0.495 e. The average Bonchev–Trinajstić information content (AvgIpc) is 3.15. The number of aryl methyl sites for hydroxylation is 1. The Morgan fingerprint density at radius 3 is 2.57 bits per heavy atom. The van der Waals surface area contributed by atoms with Gasteiger partial charge in [-0.1, -0.05) is 11.3 Å². The second-order valence-electron chi connectivity index (χ2n) is 8.64. The van der Waals surface area contributed by atoms with Crippen molar-refractivity contribution < 1.29 is 23.4 Å². The molecule has 0 unspecified atom stereocenters. The number of aromatic nitrogens is 3. The molecule has 4 rings (SSSR count). The number of ether oxygens (including phenoxy) is 1. The van der Waals surface area contributed by atoms with Gasteiger partial charge in [0.2, 0.25) is 4.96 Å². The Bertz CT molecular complexity index is 1230. The van der Waals surface area contributed by atoms with E-state index in [9.17, 15) is 18.6 Å². The Hall–Kier alpha value is -2.01. The number of hydrogen-bond acceptors (Lipinski definition) is 8. The van der Waals surface area contributed by atoms with Gasteiger partial charge in [-0.2, -0.15) is 5.10 Å². The molecule has 2 heterocycles. The minimum absolute atomic E-state index is 0.0929. The van der Waals surface area contributed by atoms with Gasteiger partial charge in [-0.05, 0) is 58.7 Å². The van der Waals surface area contributed by atoms with Crippen LogP contribution in [0.2, 0.25) is 0 Å². The molecule has 1 saturated carbocycles. The summed E-state index contributed by atoms with van der Waals surface area (Å²) in [4.78, 5) is 5.25. The number of sulfone groups is 1. The van der Waals surface area contributed by atoms with Crippen molar-refractivity contribution in [1.82, 2.24) is 14.6 Å². The summed E-state index contributed by atoms with van der Waals surface area (Å²) in [6.45, 7) is 6.79. The van der Waals surface area contributed by atoms with Crippen molar-refractivity contribution in [3.63, 3.8) is 0 Å². The van der Waals surface area contributed by atoms with Gasteiger partial charge in [-0.3, -0.25) is 0 Å². The van der Waals surface area contributed by atoms with Gasteiger partial charge in [-0.15, -0.1) is 0 Å². The van der Waals surface area contributed by atoms with Crippen molar-refractivity contribution in [2.75, 3.05) is 7.11 Å². The maximum absolute atomic E-state index is 13.2. The normalized spacial score (nSPS) is 22.3. The molecule has 3 aromatic rings. The number of rotatable bonds is 5. The van der Waals surface area contributed by atoms with Crippen molar-refractivity contribution in [3.05, 3.63) is 28.9 Å². The van der Waals surface area contributed by atoms with E-state index < -0.39 is 26.3 Å². The van der Waals surface area contributed by atoms with Crippen LogP contribution in [0.25, 0.3) is 16.2 Å². The van der Waals surface area contributed by atoms with E-state index in [0.29, 0.717) is 26.9 Å². The van der Waals surface area contributed by atoms with Crippen molar-refractivity contribution in [2.45, 2.75) is 61.9 Å². The summed E-state index contributed by atoms with van der Waals surface area (Å²) in [6.07, 6.45) is 0.388. The summed E-state index contributed by atoms with van der Waals surface area (Å²) in [5.74, 6) is 0.263. The summed E-state index contributed by atoms with van der Waals surface area (Å²) in [6, 6.07) is 4.98. The Labute approximate surface area is 179 Å². The van der Waals surface area contributed by atoms with Gasteiger partial charge in [-0.25, -0.2) is 17.9 Å². The summed E-state index contributed by atoms with van der Waals surface area (Å²) >= 11 is 1.29. The third kappa shape index (κ3) is 3.41. The number of fused-ring (bicyclic) bond motifs is 1. The lowest BCUT2D eigenvalue weighted by molar-refractivity contribution is -0.0117. The second kappa shape index (κ2) is 6.74. The molecule has 0 bridgehead atoms. The van der Waals surface area contributed by atoms with Crippen molar-refractivity contribution >= 4 is 26.1 Å². The zero-order chi connectivity index (χ0) is 22.1. The Morgan fingerprint density at radius 1 is 1.33 bits per heavy atom. The van der Waals surface area contributed by atoms with Crippen molar-refractivity contribution in [2.24, 2.45) is 0 Å². The van der Waals surface area contributed by atoms with Gasteiger partial charge in [0.05, 0.1) is 29.3 Å². The first kappa shape index (κ1) is 21.2. The van der Waals surface area contributed by atoms with Crippen LogP contribution in [-0.2, 0) is 15.4 Å².